The average Bonchev–Trinajstić information content (AvgIpc) is 2.33. The van der Waals surface area contributed by atoms with E-state index in [9.17, 15) is 0 Å². The largest absolute Gasteiger partial charge is 1.00 e. The third-order valence-electron chi connectivity index (χ3n) is 3.53. The Hall–Kier alpha value is 0.0600. The molecule has 0 amide bonds. The summed E-state index contributed by atoms with van der Waals surface area (Å²) >= 11 is 3.50. The van der Waals surface area contributed by atoms with E-state index in [0.29, 0.717) is 10.5 Å². The van der Waals surface area contributed by atoms with Crippen molar-refractivity contribution >= 4 is 21.6 Å². The first-order valence-electron chi connectivity index (χ1n) is 7.09. The number of rotatable bonds is 3. The summed E-state index contributed by atoms with van der Waals surface area (Å²) in [6.45, 7) is 0. The van der Waals surface area contributed by atoms with Crippen molar-refractivity contribution in [3.8, 4) is 0 Å². The molecule has 20 heavy (non-hydrogen) atoms. The molecule has 1 fully saturated rings. The molecule has 0 heterocycles. The van der Waals surface area contributed by atoms with Crippen LogP contribution in [-0.2, 0) is 6.42 Å². The number of nitrogens with zero attached hydrogens (tertiary/aromatic N) is 2. The zero-order chi connectivity index (χ0) is 13.9. The maximum Gasteiger partial charge on any atom is 0.0923 e. The summed E-state index contributed by atoms with van der Waals surface area (Å²) in [6.07, 6.45) is 6.24. The molecule has 1 aliphatic carbocycles. The molecule has 0 spiro atoms. The fourth-order valence-electron chi connectivity index (χ4n) is 2.71. The van der Waals surface area contributed by atoms with Crippen molar-refractivity contribution in [1.29, 1.82) is 0 Å². The Bertz CT molecular complexity index is 449. The van der Waals surface area contributed by atoms with Gasteiger partial charge in [-0.1, -0.05) is 39.6 Å². The van der Waals surface area contributed by atoms with E-state index in [1.54, 1.807) is 0 Å². The molecule has 2 rings (SSSR count). The molecule has 2 nitrogen and oxygen atoms in total. The first-order valence-corrected chi connectivity index (χ1v) is 7.88. The Kier molecular flexibility index (Phi) is 7.15. The van der Waals surface area contributed by atoms with Gasteiger partial charge in [-0.15, -0.1) is 0 Å². The van der Waals surface area contributed by atoms with Crippen molar-refractivity contribution in [3.05, 3.63) is 34.3 Å². The summed E-state index contributed by atoms with van der Waals surface area (Å²) in [7, 11) is 6.41. The second-order valence-corrected chi connectivity index (χ2v) is 7.22. The number of hydrogen-bond donors (Lipinski definition) is 0. The van der Waals surface area contributed by atoms with Crippen LogP contribution in [0.25, 0.3) is 0 Å². The third-order valence-corrected chi connectivity index (χ3v) is 4.06. The highest BCUT2D eigenvalue weighted by atomic mass is 127. The van der Waals surface area contributed by atoms with E-state index >= 15 is 0 Å². The minimum Gasteiger partial charge on any atom is -1.00 e. The van der Waals surface area contributed by atoms with Gasteiger partial charge in [-0.25, -0.2) is 4.59 Å². The summed E-state index contributed by atoms with van der Waals surface area (Å²) < 4.78 is 1.84. The monoisotopic (exact) mass is 450 g/mol. The molecule has 0 N–H and O–H groups in total. The summed E-state index contributed by atoms with van der Waals surface area (Å²) in [6, 6.07) is 8.72. The van der Waals surface area contributed by atoms with Crippen LogP contribution in [0.2, 0.25) is 0 Å². The first kappa shape index (κ1) is 18.1. The lowest BCUT2D eigenvalue weighted by atomic mass is 9.83. The SMILES string of the molecule is C[N+](C)(C)/N=C1/CCCCC1Cc1ccc(Br)cc1.[I-]. The van der Waals surface area contributed by atoms with Gasteiger partial charge in [0.15, 0.2) is 0 Å². The number of quaternary nitrogens is 1. The molecule has 1 aromatic carbocycles. The van der Waals surface area contributed by atoms with E-state index in [-0.39, 0.29) is 24.0 Å². The third kappa shape index (κ3) is 5.82. The Balaban J connectivity index is 0.00000200. The summed E-state index contributed by atoms with van der Waals surface area (Å²) in [5, 5.41) is 4.91. The van der Waals surface area contributed by atoms with Gasteiger partial charge in [-0.3, -0.25) is 0 Å². The molecular weight excluding hydrogens is 427 g/mol. The van der Waals surface area contributed by atoms with E-state index < -0.39 is 0 Å². The lowest BCUT2D eigenvalue weighted by Crippen LogP contribution is -3.00. The van der Waals surface area contributed by atoms with Crippen LogP contribution in [0.1, 0.15) is 31.2 Å². The predicted octanol–water partition coefficient (Wildman–Crippen LogP) is 1.25. The predicted molar refractivity (Wildman–Crippen MR) is 85.3 cm³/mol. The minimum atomic E-state index is 0. The Morgan fingerprint density at radius 2 is 1.80 bits per heavy atom. The molecular formula is C16H24BrIN2. The normalized spacial score (nSPS) is 21.6. The van der Waals surface area contributed by atoms with E-state index in [1.807, 2.05) is 0 Å². The topological polar surface area (TPSA) is 12.4 Å². The van der Waals surface area contributed by atoms with Crippen molar-refractivity contribution in [3.63, 3.8) is 0 Å². The van der Waals surface area contributed by atoms with Gasteiger partial charge in [0.2, 0.25) is 0 Å². The average molecular weight is 451 g/mol. The van der Waals surface area contributed by atoms with Crippen LogP contribution in [0.3, 0.4) is 0 Å². The van der Waals surface area contributed by atoms with Crippen molar-refractivity contribution in [2.24, 2.45) is 11.0 Å². The van der Waals surface area contributed by atoms with Crippen molar-refractivity contribution in [2.45, 2.75) is 32.1 Å². The number of benzene rings is 1. The molecule has 0 aliphatic heterocycles. The van der Waals surface area contributed by atoms with Crippen molar-refractivity contribution in [2.75, 3.05) is 21.1 Å². The van der Waals surface area contributed by atoms with E-state index in [2.05, 4.69) is 61.3 Å². The molecule has 0 bridgehead atoms. The van der Waals surface area contributed by atoms with Crippen LogP contribution < -0.4 is 24.0 Å². The van der Waals surface area contributed by atoms with Gasteiger partial charge in [-0.2, -0.15) is 0 Å². The van der Waals surface area contributed by atoms with Gasteiger partial charge in [-0.05, 0) is 43.4 Å². The lowest BCUT2D eigenvalue weighted by molar-refractivity contribution is -0.877. The lowest BCUT2D eigenvalue weighted by Gasteiger charge is -2.26. The van der Waals surface area contributed by atoms with Crippen LogP contribution in [0.4, 0.5) is 0 Å². The van der Waals surface area contributed by atoms with Gasteiger partial charge in [0.05, 0.1) is 26.9 Å². The fraction of sp³-hybridized carbons (Fsp3) is 0.562. The van der Waals surface area contributed by atoms with Gasteiger partial charge in [0.1, 0.15) is 0 Å². The van der Waals surface area contributed by atoms with E-state index in [4.69, 9.17) is 5.10 Å². The molecule has 4 heteroatoms. The van der Waals surface area contributed by atoms with Gasteiger partial charge in [0, 0.05) is 10.4 Å². The molecule has 1 aliphatic rings. The van der Waals surface area contributed by atoms with E-state index in [1.165, 1.54) is 37.0 Å². The highest BCUT2D eigenvalue weighted by molar-refractivity contribution is 9.10. The van der Waals surface area contributed by atoms with Crippen LogP contribution in [0.15, 0.2) is 33.8 Å². The Labute approximate surface area is 148 Å². The summed E-state index contributed by atoms with van der Waals surface area (Å²) in [5.41, 5.74) is 2.84. The van der Waals surface area contributed by atoms with Crippen molar-refractivity contribution < 1.29 is 28.6 Å². The van der Waals surface area contributed by atoms with Crippen LogP contribution in [-0.4, -0.2) is 31.4 Å². The zero-order valence-corrected chi connectivity index (χ0v) is 16.3. The fourth-order valence-corrected chi connectivity index (χ4v) is 2.97. The van der Waals surface area contributed by atoms with Crippen LogP contribution >= 0.6 is 15.9 Å². The smallest absolute Gasteiger partial charge is 0.0923 e. The van der Waals surface area contributed by atoms with Gasteiger partial charge >= 0.3 is 0 Å². The summed E-state index contributed by atoms with van der Waals surface area (Å²) in [4.78, 5) is 0. The minimum absolute atomic E-state index is 0. The summed E-state index contributed by atoms with van der Waals surface area (Å²) in [5.74, 6) is 0.632. The molecule has 0 radical (unpaired) electrons. The van der Waals surface area contributed by atoms with Gasteiger partial charge < -0.3 is 24.0 Å². The highest BCUT2D eigenvalue weighted by Gasteiger charge is 2.23. The maximum absolute atomic E-state index is 4.91. The van der Waals surface area contributed by atoms with Gasteiger partial charge in [0.25, 0.3) is 0 Å². The molecule has 0 saturated heterocycles. The molecule has 1 unspecified atom stereocenters. The maximum atomic E-state index is 4.91. The Morgan fingerprint density at radius 3 is 2.40 bits per heavy atom. The quantitative estimate of drug-likeness (QED) is 0.373. The highest BCUT2D eigenvalue weighted by Crippen LogP contribution is 2.26. The molecule has 112 valence electrons. The van der Waals surface area contributed by atoms with E-state index in [0.717, 1.165) is 10.9 Å². The molecule has 1 saturated carbocycles. The molecule has 0 aromatic heterocycles. The molecule has 1 atom stereocenters. The first-order chi connectivity index (χ1) is 8.94. The number of hydrogen-bond acceptors (Lipinski definition) is 1. The van der Waals surface area contributed by atoms with Crippen molar-refractivity contribution in [1.82, 2.24) is 0 Å². The standard InChI is InChI=1S/C16H24BrN2.HI/c1-19(2,3)18-16-7-5-4-6-14(16)12-13-8-10-15(17)11-9-13;/h8-11,14H,4-7,12H2,1-3H3;1H/q+1;/p-1/b18-16-;. The van der Waals surface area contributed by atoms with Crippen LogP contribution in [0.5, 0.6) is 0 Å². The zero-order valence-electron chi connectivity index (χ0n) is 12.6. The van der Waals surface area contributed by atoms with Crippen LogP contribution in [0, 0.1) is 5.92 Å². The second kappa shape index (κ2) is 7.90. The number of halogens is 2. The Morgan fingerprint density at radius 1 is 1.15 bits per heavy atom. The second-order valence-electron chi connectivity index (χ2n) is 6.31. The molecule has 1 aromatic rings.